The Balaban J connectivity index is 2.22. The second-order valence-electron chi connectivity index (χ2n) is 4.36. The van der Waals surface area contributed by atoms with Crippen molar-refractivity contribution < 1.29 is 18.3 Å². The Hall–Kier alpha value is -2.01. The van der Waals surface area contributed by atoms with E-state index in [2.05, 4.69) is 5.32 Å². The van der Waals surface area contributed by atoms with Crippen molar-refractivity contribution in [2.75, 3.05) is 11.9 Å². The summed E-state index contributed by atoms with van der Waals surface area (Å²) in [6.45, 7) is -0.288. The van der Waals surface area contributed by atoms with E-state index in [0.717, 1.165) is 0 Å². The number of halogens is 3. The topological polar surface area (TPSA) is 32.3 Å². The Kier molecular flexibility index (Phi) is 4.63. The third-order valence-corrected chi connectivity index (χ3v) is 2.91. The molecule has 0 amide bonds. The van der Waals surface area contributed by atoms with Crippen molar-refractivity contribution in [1.29, 1.82) is 0 Å². The molecule has 2 aromatic rings. The summed E-state index contributed by atoms with van der Waals surface area (Å²) in [7, 11) is 0. The molecule has 0 saturated heterocycles. The van der Waals surface area contributed by atoms with Crippen LogP contribution in [-0.2, 0) is 0 Å². The minimum atomic E-state index is -2.57. The number of aliphatic hydroxyl groups is 1. The zero-order chi connectivity index (χ0) is 14.5. The fraction of sp³-hybridized carbons (Fsp3) is 0.200. The van der Waals surface area contributed by atoms with E-state index in [0.29, 0.717) is 11.3 Å². The molecular weight excluding hydrogens is 267 g/mol. The Morgan fingerprint density at radius 2 is 1.70 bits per heavy atom. The minimum Gasteiger partial charge on any atom is -0.394 e. The van der Waals surface area contributed by atoms with E-state index in [-0.39, 0.29) is 12.2 Å². The lowest BCUT2D eigenvalue weighted by molar-refractivity contribution is 0.151. The lowest BCUT2D eigenvalue weighted by Gasteiger charge is -2.19. The molecule has 0 spiro atoms. The summed E-state index contributed by atoms with van der Waals surface area (Å²) in [6.07, 6.45) is -2.57. The van der Waals surface area contributed by atoms with Gasteiger partial charge >= 0.3 is 0 Å². The maximum atomic E-state index is 13.1. The maximum Gasteiger partial charge on any atom is 0.263 e. The summed E-state index contributed by atoms with van der Waals surface area (Å²) in [4.78, 5) is 0. The van der Waals surface area contributed by atoms with Gasteiger partial charge in [0.25, 0.3) is 6.43 Å². The third kappa shape index (κ3) is 3.51. The second-order valence-corrected chi connectivity index (χ2v) is 4.36. The van der Waals surface area contributed by atoms with Crippen LogP contribution in [0.25, 0.3) is 0 Å². The summed E-state index contributed by atoms with van der Waals surface area (Å²) in [5.74, 6) is -0.409. The fourth-order valence-electron chi connectivity index (χ4n) is 1.93. The monoisotopic (exact) mass is 281 g/mol. The normalized spacial score (nSPS) is 12.4. The first kappa shape index (κ1) is 14.4. The van der Waals surface area contributed by atoms with E-state index in [1.807, 2.05) is 0 Å². The summed E-state index contributed by atoms with van der Waals surface area (Å²) in [6, 6.07) is 11.0. The quantitative estimate of drug-likeness (QED) is 0.871. The molecule has 0 aliphatic carbocycles. The molecule has 2 aromatic carbocycles. The highest BCUT2D eigenvalue weighted by molar-refractivity contribution is 5.46. The summed E-state index contributed by atoms with van der Waals surface area (Å²) in [5.41, 5.74) is 0.892. The molecule has 0 aliphatic heterocycles. The Bertz CT molecular complexity index is 575. The highest BCUT2D eigenvalue weighted by Crippen LogP contribution is 2.25. The molecule has 0 saturated carbocycles. The van der Waals surface area contributed by atoms with E-state index in [1.54, 1.807) is 12.1 Å². The van der Waals surface area contributed by atoms with Crippen molar-refractivity contribution in [3.8, 4) is 0 Å². The third-order valence-electron chi connectivity index (χ3n) is 2.91. The molecule has 1 unspecified atom stereocenters. The standard InChI is InChI=1S/C15H14F3NO/c16-12-5-2-6-13(8-12)19-14(9-20)10-3-1-4-11(7-10)15(17)18/h1-8,14-15,19-20H,9H2. The molecule has 2 N–H and O–H groups in total. The molecule has 0 bridgehead atoms. The Morgan fingerprint density at radius 3 is 2.35 bits per heavy atom. The number of rotatable bonds is 5. The van der Waals surface area contributed by atoms with Crippen LogP contribution in [0.15, 0.2) is 48.5 Å². The average molecular weight is 281 g/mol. The molecule has 1 atom stereocenters. The van der Waals surface area contributed by atoms with Gasteiger partial charge in [0, 0.05) is 11.3 Å². The first-order valence-electron chi connectivity index (χ1n) is 6.11. The van der Waals surface area contributed by atoms with Gasteiger partial charge in [0.05, 0.1) is 12.6 Å². The SMILES string of the molecule is OCC(Nc1cccc(F)c1)c1cccc(C(F)F)c1. The van der Waals surface area contributed by atoms with Crippen molar-refractivity contribution in [2.24, 2.45) is 0 Å². The van der Waals surface area contributed by atoms with E-state index in [1.165, 1.54) is 36.4 Å². The molecule has 0 aromatic heterocycles. The molecule has 20 heavy (non-hydrogen) atoms. The van der Waals surface area contributed by atoms with Crippen molar-refractivity contribution in [1.82, 2.24) is 0 Å². The van der Waals surface area contributed by atoms with Crippen LogP contribution in [0.3, 0.4) is 0 Å². The van der Waals surface area contributed by atoms with Crippen LogP contribution in [0.4, 0.5) is 18.9 Å². The highest BCUT2D eigenvalue weighted by Gasteiger charge is 2.14. The largest absolute Gasteiger partial charge is 0.394 e. The number of alkyl halides is 2. The number of hydrogen-bond acceptors (Lipinski definition) is 2. The molecular formula is C15H14F3NO. The van der Waals surface area contributed by atoms with E-state index in [4.69, 9.17) is 0 Å². The van der Waals surface area contributed by atoms with Gasteiger partial charge < -0.3 is 10.4 Å². The average Bonchev–Trinajstić information content (AvgIpc) is 2.45. The van der Waals surface area contributed by atoms with Crippen molar-refractivity contribution in [3.63, 3.8) is 0 Å². The lowest BCUT2D eigenvalue weighted by atomic mass is 10.0. The van der Waals surface area contributed by atoms with Crippen LogP contribution < -0.4 is 5.32 Å². The van der Waals surface area contributed by atoms with Gasteiger partial charge in [-0.15, -0.1) is 0 Å². The van der Waals surface area contributed by atoms with Gasteiger partial charge in [-0.05, 0) is 29.8 Å². The van der Waals surface area contributed by atoms with Gasteiger partial charge in [-0.2, -0.15) is 0 Å². The van der Waals surface area contributed by atoms with Crippen molar-refractivity contribution in [2.45, 2.75) is 12.5 Å². The van der Waals surface area contributed by atoms with Gasteiger partial charge in [-0.3, -0.25) is 0 Å². The fourth-order valence-corrected chi connectivity index (χ4v) is 1.93. The first-order valence-corrected chi connectivity index (χ1v) is 6.11. The van der Waals surface area contributed by atoms with Gasteiger partial charge in [0.1, 0.15) is 5.82 Å². The van der Waals surface area contributed by atoms with Gasteiger partial charge in [0.15, 0.2) is 0 Å². The molecule has 0 aliphatic rings. The predicted molar refractivity (Wildman–Crippen MR) is 71.2 cm³/mol. The zero-order valence-electron chi connectivity index (χ0n) is 10.6. The van der Waals surface area contributed by atoms with Crippen molar-refractivity contribution >= 4 is 5.69 Å². The molecule has 0 heterocycles. The summed E-state index contributed by atoms with van der Waals surface area (Å²) >= 11 is 0. The number of aliphatic hydroxyl groups excluding tert-OH is 1. The number of anilines is 1. The smallest absolute Gasteiger partial charge is 0.263 e. The van der Waals surface area contributed by atoms with Crippen LogP contribution in [-0.4, -0.2) is 11.7 Å². The van der Waals surface area contributed by atoms with Gasteiger partial charge in [0.2, 0.25) is 0 Å². The van der Waals surface area contributed by atoms with Crippen molar-refractivity contribution in [3.05, 3.63) is 65.5 Å². The number of benzene rings is 2. The molecule has 106 valence electrons. The van der Waals surface area contributed by atoms with Gasteiger partial charge in [-0.25, -0.2) is 13.2 Å². The maximum absolute atomic E-state index is 13.1. The van der Waals surface area contributed by atoms with E-state index >= 15 is 0 Å². The number of hydrogen-bond donors (Lipinski definition) is 2. The number of nitrogens with one attached hydrogen (secondary N) is 1. The van der Waals surface area contributed by atoms with E-state index in [9.17, 15) is 18.3 Å². The van der Waals surface area contributed by atoms with Crippen LogP contribution in [0, 0.1) is 5.82 Å². The first-order chi connectivity index (χ1) is 9.60. The molecule has 0 fully saturated rings. The zero-order valence-corrected chi connectivity index (χ0v) is 10.6. The molecule has 2 nitrogen and oxygen atoms in total. The minimum absolute atomic E-state index is 0.109. The summed E-state index contributed by atoms with van der Waals surface area (Å²) in [5, 5.41) is 12.3. The van der Waals surface area contributed by atoms with Gasteiger partial charge in [-0.1, -0.05) is 24.3 Å². The molecule has 0 radical (unpaired) electrons. The second kappa shape index (κ2) is 6.43. The van der Waals surface area contributed by atoms with Crippen LogP contribution in [0.1, 0.15) is 23.6 Å². The van der Waals surface area contributed by atoms with Crippen LogP contribution >= 0.6 is 0 Å². The molecule has 2 rings (SSSR count). The predicted octanol–water partition coefficient (Wildman–Crippen LogP) is 3.91. The lowest BCUT2D eigenvalue weighted by Crippen LogP contribution is -2.15. The van der Waals surface area contributed by atoms with Crippen LogP contribution in [0.5, 0.6) is 0 Å². The van der Waals surface area contributed by atoms with E-state index < -0.39 is 18.3 Å². The molecule has 5 heteroatoms. The van der Waals surface area contributed by atoms with Crippen LogP contribution in [0.2, 0.25) is 0 Å². The summed E-state index contributed by atoms with van der Waals surface area (Å²) < 4.78 is 38.4. The highest BCUT2D eigenvalue weighted by atomic mass is 19.3. The Morgan fingerprint density at radius 1 is 1.00 bits per heavy atom. The Labute approximate surface area is 114 Å².